The van der Waals surface area contributed by atoms with Crippen LogP contribution < -0.4 is 20.4 Å². The second-order valence-corrected chi connectivity index (χ2v) is 6.66. The second kappa shape index (κ2) is 11.6. The van der Waals surface area contributed by atoms with Gasteiger partial charge in [0, 0.05) is 0 Å². The van der Waals surface area contributed by atoms with Crippen molar-refractivity contribution in [1.29, 1.82) is 0 Å². The van der Waals surface area contributed by atoms with E-state index in [1.54, 1.807) is 0 Å². The monoisotopic (exact) mass is 410 g/mol. The van der Waals surface area contributed by atoms with Crippen molar-refractivity contribution in [3.05, 3.63) is 115 Å². The van der Waals surface area contributed by atoms with Gasteiger partial charge in [-0.2, -0.15) is 0 Å². The predicted octanol–water partition coefficient (Wildman–Crippen LogP) is 2.68. The number of ether oxygens (including phenoxy) is 2. The van der Waals surface area contributed by atoms with E-state index in [1.807, 2.05) is 109 Å². The normalized spacial score (nSPS) is 11.1. The van der Waals surface area contributed by atoms with Crippen molar-refractivity contribution in [2.75, 3.05) is 0 Å². The minimum atomic E-state index is -0.588. The van der Waals surface area contributed by atoms with Gasteiger partial charge in [-0.05, 0) is 46.8 Å². The molecule has 6 heteroatoms. The molecule has 1 aliphatic heterocycles. The molecule has 0 bridgehead atoms. The van der Waals surface area contributed by atoms with E-state index < -0.39 is 6.92 Å². The second-order valence-electron chi connectivity index (χ2n) is 6.66. The molecule has 1 heterocycles. The fourth-order valence-electron chi connectivity index (χ4n) is 3.21. The van der Waals surface area contributed by atoms with Crippen molar-refractivity contribution >= 4 is 25.9 Å². The Morgan fingerprint density at radius 3 is 1.74 bits per heavy atom. The molecule has 0 spiro atoms. The Hall–Kier alpha value is -3.47. The molecule has 5 rings (SSSR count). The van der Waals surface area contributed by atoms with E-state index in [0.717, 1.165) is 41.8 Å². The minimum absolute atomic E-state index is 0.518. The molecule has 2 N–H and O–H groups in total. The van der Waals surface area contributed by atoms with Crippen molar-refractivity contribution in [3.63, 3.8) is 0 Å². The molecular formula is C25H24B2O4. The molecule has 31 heavy (non-hydrogen) atoms. The van der Waals surface area contributed by atoms with Gasteiger partial charge in [-0.3, -0.25) is 0 Å². The first-order chi connectivity index (χ1) is 15.3. The lowest BCUT2D eigenvalue weighted by Gasteiger charge is -2.08. The van der Waals surface area contributed by atoms with Crippen molar-refractivity contribution in [2.45, 2.75) is 6.61 Å². The van der Waals surface area contributed by atoms with Gasteiger partial charge in [0.05, 0.1) is 0 Å². The van der Waals surface area contributed by atoms with Crippen LogP contribution in [0, 0.1) is 0 Å². The molecule has 4 aromatic rings. The Bertz CT molecular complexity index is 974. The van der Waals surface area contributed by atoms with Crippen LogP contribution in [0.5, 0.6) is 17.2 Å². The lowest BCUT2D eigenvalue weighted by atomic mass is 9.55. The number of hydrogen-bond acceptors (Lipinski definition) is 4. The summed E-state index contributed by atoms with van der Waals surface area (Å²) >= 11 is 0. The summed E-state index contributed by atoms with van der Waals surface area (Å²) in [4.78, 5) is 0. The molecule has 0 saturated heterocycles. The van der Waals surface area contributed by atoms with Crippen molar-refractivity contribution in [1.82, 2.24) is 0 Å². The molecule has 0 amide bonds. The third-order valence-electron chi connectivity index (χ3n) is 4.67. The van der Waals surface area contributed by atoms with Crippen LogP contribution in [0.1, 0.15) is 5.56 Å². The zero-order valence-electron chi connectivity index (χ0n) is 17.4. The summed E-state index contributed by atoms with van der Waals surface area (Å²) in [6, 6.07) is 35.0. The zero-order valence-corrected chi connectivity index (χ0v) is 17.4. The number of rotatable bonds is 2. The average Bonchev–Trinajstić information content (AvgIpc) is 2.99. The van der Waals surface area contributed by atoms with E-state index in [9.17, 15) is 5.02 Å². The van der Waals surface area contributed by atoms with E-state index in [1.165, 1.54) is 0 Å². The predicted molar refractivity (Wildman–Crippen MR) is 128 cm³/mol. The summed E-state index contributed by atoms with van der Waals surface area (Å²) in [6.07, 6.45) is 0. The maximum absolute atomic E-state index is 10.3. The smallest absolute Gasteiger partial charge is 0.363 e. The number of benzene rings is 4. The standard InChI is InChI=1S/C13H11BO2.C12H10O.BH3O/c15-14-11-6-2-1-5-10(11)9-16-13-8-4-3-7-12(13)14;1-3-7-11(8-4-1)13-12-9-5-2-6-10-12;1-2/h1-8,15H,9H2;1-10H;2H,1H2. The molecule has 154 valence electrons. The fraction of sp³-hybridized carbons (Fsp3) is 0.0400. The first-order valence-electron chi connectivity index (χ1n) is 10.0. The van der Waals surface area contributed by atoms with E-state index in [-0.39, 0.29) is 0 Å². The van der Waals surface area contributed by atoms with Crippen LogP contribution in [-0.4, -0.2) is 25.0 Å². The SMILES string of the molecule is BO.OB1c2ccccc2COc2ccccc21.c1ccc(Oc2ccccc2)cc1. The van der Waals surface area contributed by atoms with Gasteiger partial charge in [-0.1, -0.05) is 78.9 Å². The highest BCUT2D eigenvalue weighted by Gasteiger charge is 2.26. The summed E-state index contributed by atoms with van der Waals surface area (Å²) in [6.45, 7) is -0.0700. The highest BCUT2D eigenvalue weighted by atomic mass is 16.5. The first-order valence-corrected chi connectivity index (χ1v) is 10.0. The highest BCUT2D eigenvalue weighted by molar-refractivity contribution is 6.80. The maximum atomic E-state index is 10.3. The third-order valence-corrected chi connectivity index (χ3v) is 4.67. The molecule has 0 aliphatic carbocycles. The molecule has 0 fully saturated rings. The average molecular weight is 410 g/mol. The zero-order chi connectivity index (χ0) is 21.9. The van der Waals surface area contributed by atoms with Crippen LogP contribution in [0.3, 0.4) is 0 Å². The molecule has 0 aromatic heterocycles. The van der Waals surface area contributed by atoms with Crippen LogP contribution in [0.4, 0.5) is 0 Å². The molecule has 0 radical (unpaired) electrons. The molecule has 0 unspecified atom stereocenters. The lowest BCUT2D eigenvalue weighted by Crippen LogP contribution is -2.42. The summed E-state index contributed by atoms with van der Waals surface area (Å²) in [5.74, 6) is 2.51. The summed E-state index contributed by atoms with van der Waals surface area (Å²) in [7, 11) is 1.00. The summed E-state index contributed by atoms with van der Waals surface area (Å²) in [5.41, 5.74) is 2.83. The maximum Gasteiger partial charge on any atom is 0.363 e. The Morgan fingerprint density at radius 2 is 1.13 bits per heavy atom. The van der Waals surface area contributed by atoms with Crippen molar-refractivity contribution in [2.24, 2.45) is 0 Å². The Balaban J connectivity index is 0.000000166. The van der Waals surface area contributed by atoms with E-state index >= 15 is 0 Å². The molecule has 4 nitrogen and oxygen atoms in total. The molecule has 4 aromatic carbocycles. The highest BCUT2D eigenvalue weighted by Crippen LogP contribution is 2.19. The Labute approximate surface area is 184 Å². The minimum Gasteiger partial charge on any atom is -0.489 e. The first kappa shape index (κ1) is 22.2. The number of hydrogen-bond donors (Lipinski definition) is 2. The molecule has 1 aliphatic rings. The van der Waals surface area contributed by atoms with Gasteiger partial charge >= 0.3 is 6.92 Å². The van der Waals surface area contributed by atoms with Crippen LogP contribution in [0.2, 0.25) is 0 Å². The summed E-state index contributed by atoms with van der Waals surface area (Å²) in [5, 5.41) is 17.3. The molecule has 0 atom stereocenters. The van der Waals surface area contributed by atoms with Crippen LogP contribution in [-0.2, 0) is 6.61 Å². The van der Waals surface area contributed by atoms with Gasteiger partial charge in [0.2, 0.25) is 0 Å². The van der Waals surface area contributed by atoms with E-state index in [2.05, 4.69) is 0 Å². The van der Waals surface area contributed by atoms with Gasteiger partial charge in [0.25, 0.3) is 8.05 Å². The van der Waals surface area contributed by atoms with Gasteiger partial charge in [0.15, 0.2) is 0 Å². The van der Waals surface area contributed by atoms with Gasteiger partial charge in [-0.15, -0.1) is 0 Å². The van der Waals surface area contributed by atoms with Gasteiger partial charge in [0.1, 0.15) is 23.9 Å². The van der Waals surface area contributed by atoms with Crippen LogP contribution >= 0.6 is 0 Å². The van der Waals surface area contributed by atoms with E-state index in [4.69, 9.17) is 14.5 Å². The largest absolute Gasteiger partial charge is 0.489 e. The molecule has 0 saturated carbocycles. The van der Waals surface area contributed by atoms with E-state index in [0.29, 0.717) is 6.61 Å². The number of para-hydroxylation sites is 3. The Kier molecular flexibility index (Phi) is 8.35. The van der Waals surface area contributed by atoms with Gasteiger partial charge in [-0.25, -0.2) is 0 Å². The fourth-order valence-corrected chi connectivity index (χ4v) is 3.21. The molecular weight excluding hydrogens is 386 g/mol. The summed E-state index contributed by atoms with van der Waals surface area (Å²) < 4.78 is 11.3. The van der Waals surface area contributed by atoms with Crippen molar-refractivity contribution < 1.29 is 19.5 Å². The third kappa shape index (κ3) is 6.01. The van der Waals surface area contributed by atoms with Crippen LogP contribution in [0.15, 0.2) is 109 Å². The van der Waals surface area contributed by atoms with Crippen LogP contribution in [0.25, 0.3) is 0 Å². The topological polar surface area (TPSA) is 58.9 Å². The Morgan fingerprint density at radius 1 is 0.645 bits per heavy atom. The number of fused-ring (bicyclic) bond motifs is 2. The van der Waals surface area contributed by atoms with Crippen molar-refractivity contribution in [3.8, 4) is 17.2 Å². The lowest BCUT2D eigenvalue weighted by molar-refractivity contribution is 0.310. The quantitative estimate of drug-likeness (QED) is 0.500. The van der Waals surface area contributed by atoms with Gasteiger partial charge < -0.3 is 19.5 Å².